The summed E-state index contributed by atoms with van der Waals surface area (Å²) in [5.41, 5.74) is 2.24. The molecule has 2 aromatic heterocycles. The highest BCUT2D eigenvalue weighted by Crippen LogP contribution is 2.57. The molecule has 3 aliphatic rings. The number of benzene rings is 1. The molecule has 11 heteroatoms. The number of hydrogen-bond donors (Lipinski definition) is 0. The van der Waals surface area contributed by atoms with Crippen molar-refractivity contribution in [1.29, 1.82) is 0 Å². The average Bonchev–Trinajstić information content (AvgIpc) is 3.31. The van der Waals surface area contributed by atoms with Crippen LogP contribution >= 0.6 is 23.2 Å². The Balaban J connectivity index is 0.000000425. The molecule has 2 aliphatic heterocycles. The number of piperazine rings is 1. The topological polar surface area (TPSA) is 59.3 Å². The van der Waals surface area contributed by atoms with Crippen LogP contribution in [0.1, 0.15) is 51.6 Å². The highest BCUT2D eigenvalue weighted by atomic mass is 35.5. The summed E-state index contributed by atoms with van der Waals surface area (Å²) < 4.78 is 35.0. The van der Waals surface area contributed by atoms with Gasteiger partial charge in [-0.25, -0.2) is 13.8 Å². The minimum Gasteiger partial charge on any atom is -0.381 e. The molecular weight excluding hydrogens is 533 g/mol. The van der Waals surface area contributed by atoms with E-state index in [0.29, 0.717) is 41.6 Å². The van der Waals surface area contributed by atoms with E-state index in [1.54, 1.807) is 23.0 Å². The van der Waals surface area contributed by atoms with Gasteiger partial charge >= 0.3 is 0 Å². The summed E-state index contributed by atoms with van der Waals surface area (Å²) in [5, 5.41) is 0.764. The first kappa shape index (κ1) is 28.9. The zero-order valence-corrected chi connectivity index (χ0v) is 23.9. The van der Waals surface area contributed by atoms with E-state index in [-0.39, 0.29) is 23.8 Å². The van der Waals surface area contributed by atoms with E-state index in [0.717, 1.165) is 18.8 Å². The van der Waals surface area contributed by atoms with Crippen molar-refractivity contribution in [2.75, 3.05) is 37.7 Å². The molecule has 6 rings (SSSR count). The lowest BCUT2D eigenvalue weighted by molar-refractivity contribution is 0.0570. The fourth-order valence-electron chi connectivity index (χ4n) is 5.16. The lowest BCUT2D eigenvalue weighted by Gasteiger charge is -2.44. The molecule has 0 N–H and O–H groups in total. The van der Waals surface area contributed by atoms with Gasteiger partial charge in [0, 0.05) is 69.3 Å². The van der Waals surface area contributed by atoms with Crippen molar-refractivity contribution < 1.29 is 13.5 Å². The Morgan fingerprint density at radius 2 is 1.71 bits per heavy atom. The van der Waals surface area contributed by atoms with Crippen molar-refractivity contribution in [1.82, 2.24) is 24.4 Å². The molecule has 3 unspecified atom stereocenters. The molecule has 1 aromatic carbocycles. The van der Waals surface area contributed by atoms with Crippen molar-refractivity contribution in [3.8, 4) is 0 Å². The highest BCUT2D eigenvalue weighted by molar-refractivity contribution is 6.30. The number of ether oxygens (including phenoxy) is 1. The largest absolute Gasteiger partial charge is 0.381 e. The van der Waals surface area contributed by atoms with Gasteiger partial charge in [0.1, 0.15) is 0 Å². The molecule has 1 aliphatic carbocycles. The van der Waals surface area contributed by atoms with Gasteiger partial charge < -0.3 is 14.2 Å². The van der Waals surface area contributed by atoms with E-state index >= 15 is 0 Å². The smallest absolute Gasteiger partial charge is 0.253 e. The Labute approximate surface area is 233 Å². The number of fused-ring (bicyclic) bond motifs is 1. The highest BCUT2D eigenvalue weighted by Gasteiger charge is 2.62. The van der Waals surface area contributed by atoms with Gasteiger partial charge in [-0.05, 0) is 49.1 Å². The minimum atomic E-state index is -2.62. The maximum Gasteiger partial charge on any atom is 0.253 e. The second-order valence-electron chi connectivity index (χ2n) is 9.77. The summed E-state index contributed by atoms with van der Waals surface area (Å²) in [4.78, 5) is 17.5. The van der Waals surface area contributed by atoms with Crippen molar-refractivity contribution in [2.45, 2.75) is 58.0 Å². The molecule has 208 valence electrons. The Hall–Kier alpha value is -2.07. The van der Waals surface area contributed by atoms with Crippen LogP contribution in [0.25, 0.3) is 11.2 Å². The van der Waals surface area contributed by atoms with Gasteiger partial charge in [-0.2, -0.15) is 9.97 Å². The molecule has 3 atom stereocenters. The molecule has 0 bridgehead atoms. The number of aromatic nitrogens is 4. The zero-order valence-electron chi connectivity index (χ0n) is 22.4. The third-order valence-corrected chi connectivity index (χ3v) is 7.55. The second-order valence-corrected chi connectivity index (χ2v) is 10.5. The van der Waals surface area contributed by atoms with Crippen molar-refractivity contribution in [2.24, 2.45) is 13.0 Å². The maximum atomic E-state index is 14.1. The van der Waals surface area contributed by atoms with Crippen molar-refractivity contribution in [3.05, 3.63) is 46.5 Å². The number of rotatable bonds is 4. The molecule has 0 amide bonds. The number of nitrogens with zero attached hydrogens (tertiary/aromatic N) is 6. The minimum absolute atomic E-state index is 0.0343. The number of aryl methyl sites for hydroxylation is 1. The van der Waals surface area contributed by atoms with Crippen LogP contribution in [0.5, 0.6) is 0 Å². The fourth-order valence-corrected chi connectivity index (χ4v) is 5.45. The Morgan fingerprint density at radius 3 is 2.26 bits per heavy atom. The van der Waals surface area contributed by atoms with Gasteiger partial charge in [0.15, 0.2) is 17.0 Å². The van der Waals surface area contributed by atoms with Gasteiger partial charge in [-0.15, -0.1) is 0 Å². The SMILES string of the molecule is C1CCOC1.CC.CC1CN(C(c2ccc(Cl)cc2)C2CC2(F)F)CCN1c1nc(Cl)nc2c1ncn2C. The van der Waals surface area contributed by atoms with E-state index in [1.807, 2.05) is 33.0 Å². The third-order valence-electron chi connectivity index (χ3n) is 7.13. The van der Waals surface area contributed by atoms with Gasteiger partial charge in [-0.3, -0.25) is 4.90 Å². The molecular formula is C27H36Cl2F2N6O. The quantitative estimate of drug-likeness (QED) is 0.339. The van der Waals surface area contributed by atoms with E-state index in [1.165, 1.54) is 12.8 Å². The van der Waals surface area contributed by atoms with Gasteiger partial charge in [-0.1, -0.05) is 37.6 Å². The van der Waals surface area contributed by atoms with Crippen molar-refractivity contribution in [3.63, 3.8) is 0 Å². The molecule has 0 radical (unpaired) electrons. The summed E-state index contributed by atoms with van der Waals surface area (Å²) >= 11 is 12.2. The number of halogens is 4. The summed E-state index contributed by atoms with van der Waals surface area (Å²) in [6, 6.07) is 6.95. The monoisotopic (exact) mass is 568 g/mol. The summed E-state index contributed by atoms with van der Waals surface area (Å²) in [6.45, 7) is 9.94. The van der Waals surface area contributed by atoms with Crippen LogP contribution in [-0.4, -0.2) is 69.2 Å². The lowest BCUT2D eigenvalue weighted by atomic mass is 9.98. The van der Waals surface area contributed by atoms with Crippen LogP contribution in [-0.2, 0) is 11.8 Å². The fraction of sp³-hybridized carbons (Fsp3) is 0.593. The second kappa shape index (κ2) is 12.4. The number of hydrogen-bond acceptors (Lipinski definition) is 6. The summed E-state index contributed by atoms with van der Waals surface area (Å²) in [6.07, 6.45) is 4.16. The Kier molecular flexibility index (Phi) is 9.44. The normalized spacial score (nSPS) is 23.3. The molecule has 1 saturated carbocycles. The molecule has 3 fully saturated rings. The van der Waals surface area contributed by atoms with E-state index < -0.39 is 11.8 Å². The summed E-state index contributed by atoms with van der Waals surface area (Å²) in [7, 11) is 1.86. The predicted molar refractivity (Wildman–Crippen MR) is 148 cm³/mol. The third kappa shape index (κ3) is 6.38. The van der Waals surface area contributed by atoms with E-state index in [4.69, 9.17) is 27.9 Å². The molecule has 0 spiro atoms. The van der Waals surface area contributed by atoms with Crippen LogP contribution < -0.4 is 4.90 Å². The number of alkyl halides is 2. The first-order valence-corrected chi connectivity index (χ1v) is 14.1. The first-order chi connectivity index (χ1) is 18.2. The molecule has 2 saturated heterocycles. The molecule has 38 heavy (non-hydrogen) atoms. The van der Waals surface area contributed by atoms with Crippen LogP contribution in [0.4, 0.5) is 14.6 Å². The van der Waals surface area contributed by atoms with Gasteiger partial charge in [0.25, 0.3) is 5.92 Å². The van der Waals surface area contributed by atoms with Crippen LogP contribution in [0, 0.1) is 5.92 Å². The zero-order chi connectivity index (χ0) is 27.4. The van der Waals surface area contributed by atoms with Gasteiger partial charge in [0.05, 0.1) is 6.33 Å². The van der Waals surface area contributed by atoms with Crippen LogP contribution in [0.3, 0.4) is 0 Å². The van der Waals surface area contributed by atoms with Crippen molar-refractivity contribution >= 4 is 40.2 Å². The number of anilines is 1. The standard InChI is InChI=1S/C21H22Cl2F2N6.C4H8O.C2H6/c1-12-10-30(17(15-9-21(15,24)25)13-3-5-14(22)6-4-13)7-8-31(12)19-16-18(27-20(23)28-19)29(2)11-26-16;1-2-4-5-3-1;1-2/h3-6,11-12,15,17H,7-10H2,1-2H3;1-4H2;1-2H3. The lowest BCUT2D eigenvalue weighted by Crippen LogP contribution is -2.53. The summed E-state index contributed by atoms with van der Waals surface area (Å²) in [5.74, 6) is -2.61. The Morgan fingerprint density at radius 1 is 1.05 bits per heavy atom. The maximum absolute atomic E-state index is 14.1. The van der Waals surface area contributed by atoms with Gasteiger partial charge in [0.2, 0.25) is 5.28 Å². The van der Waals surface area contributed by atoms with Crippen LogP contribution in [0.2, 0.25) is 10.3 Å². The number of imidazole rings is 1. The molecule has 4 heterocycles. The Bertz CT molecular complexity index is 1200. The predicted octanol–water partition coefficient (Wildman–Crippen LogP) is 6.40. The van der Waals surface area contributed by atoms with Crippen LogP contribution in [0.15, 0.2) is 30.6 Å². The van der Waals surface area contributed by atoms with E-state index in [9.17, 15) is 8.78 Å². The van der Waals surface area contributed by atoms with E-state index in [2.05, 4.69) is 31.7 Å². The average molecular weight is 570 g/mol. The molecule has 7 nitrogen and oxygen atoms in total. The molecule has 3 aromatic rings. The first-order valence-electron chi connectivity index (χ1n) is 13.3.